The third-order valence-corrected chi connectivity index (χ3v) is 1.42. The molecule has 14 heavy (non-hydrogen) atoms. The third kappa shape index (κ3) is 6.18. The molecule has 0 aromatic carbocycles. The second-order valence-corrected chi connectivity index (χ2v) is 2.22. The van der Waals surface area contributed by atoms with Crippen molar-refractivity contribution >= 4 is 6.72 Å². The van der Waals surface area contributed by atoms with Crippen LogP contribution in [0.4, 0.5) is 0 Å². The van der Waals surface area contributed by atoms with Crippen molar-refractivity contribution in [3.05, 3.63) is 48.7 Å². The number of allylic oxidation sites excluding steroid dienone is 5. The zero-order chi connectivity index (χ0) is 11.4. The minimum absolute atomic E-state index is 0.821. The third-order valence-electron chi connectivity index (χ3n) is 1.42. The highest BCUT2D eigenvalue weighted by molar-refractivity contribution is 5.43. The average molecular weight is 191 g/mol. The molecule has 0 rings (SSSR count). The summed E-state index contributed by atoms with van der Waals surface area (Å²) >= 11 is 0. The smallest absolute Gasteiger partial charge is 0.0691 e. The van der Waals surface area contributed by atoms with Crippen LogP contribution >= 0.6 is 0 Å². The molecule has 0 amide bonds. The van der Waals surface area contributed by atoms with Gasteiger partial charge in [0, 0.05) is 0 Å². The first-order valence-corrected chi connectivity index (χ1v) is 4.92. The summed E-state index contributed by atoms with van der Waals surface area (Å²) in [5.41, 5.74) is 1.73. The molecule has 0 aliphatic rings. The van der Waals surface area contributed by atoms with Gasteiger partial charge in [0.15, 0.2) is 0 Å². The molecule has 0 unspecified atom stereocenters. The quantitative estimate of drug-likeness (QED) is 0.453. The van der Waals surface area contributed by atoms with E-state index in [1.54, 1.807) is 12.2 Å². The normalized spacial score (nSPS) is 8.50. The van der Waals surface area contributed by atoms with Crippen molar-refractivity contribution in [1.29, 1.82) is 0 Å². The highest BCUT2D eigenvalue weighted by atomic mass is 14.7. The molecular weight excluding hydrogens is 170 g/mol. The van der Waals surface area contributed by atoms with Gasteiger partial charge in [-0.25, -0.2) is 0 Å². The molecule has 0 fully saturated rings. The van der Waals surface area contributed by atoms with E-state index in [1.807, 2.05) is 26.0 Å². The Balaban J connectivity index is 0. The molecule has 0 aliphatic carbocycles. The lowest BCUT2D eigenvalue weighted by Crippen LogP contribution is -1.78. The van der Waals surface area contributed by atoms with E-state index in [4.69, 9.17) is 0 Å². The number of rotatable bonds is 5. The monoisotopic (exact) mass is 191 g/mol. The summed E-state index contributed by atoms with van der Waals surface area (Å²) in [6, 6.07) is 0. The maximum absolute atomic E-state index is 3.87. The maximum atomic E-state index is 3.87. The lowest BCUT2D eigenvalue weighted by atomic mass is 10.2. The summed E-state index contributed by atoms with van der Waals surface area (Å²) < 4.78 is 0. The van der Waals surface area contributed by atoms with Crippen LogP contribution in [0.1, 0.15) is 27.2 Å². The van der Waals surface area contributed by atoms with Crippen LogP contribution in [0.3, 0.4) is 0 Å². The van der Waals surface area contributed by atoms with Gasteiger partial charge in [-0.1, -0.05) is 52.2 Å². The topological polar surface area (TPSA) is 12.4 Å². The van der Waals surface area contributed by atoms with Gasteiger partial charge in [-0.3, -0.25) is 4.99 Å². The van der Waals surface area contributed by atoms with Crippen LogP contribution in [0.5, 0.6) is 0 Å². The highest BCUT2D eigenvalue weighted by Gasteiger charge is 1.91. The van der Waals surface area contributed by atoms with Crippen LogP contribution in [0.25, 0.3) is 0 Å². The van der Waals surface area contributed by atoms with Gasteiger partial charge in [-0.15, -0.1) is 0 Å². The lowest BCUT2D eigenvalue weighted by Gasteiger charge is -1.96. The largest absolute Gasteiger partial charge is 0.264 e. The zero-order valence-electron chi connectivity index (χ0n) is 9.59. The summed E-state index contributed by atoms with van der Waals surface area (Å²) in [6.07, 6.45) is 8.37. The second kappa shape index (κ2) is 11.6. The van der Waals surface area contributed by atoms with E-state index < -0.39 is 0 Å². The van der Waals surface area contributed by atoms with Gasteiger partial charge in [0.25, 0.3) is 0 Å². The Kier molecular flexibility index (Phi) is 12.6. The van der Waals surface area contributed by atoms with Crippen molar-refractivity contribution in [3.63, 3.8) is 0 Å². The molecule has 0 heterocycles. The van der Waals surface area contributed by atoms with Gasteiger partial charge in [-0.05, 0) is 24.8 Å². The molecule has 0 aromatic heterocycles. The molecule has 0 radical (unpaired) electrons. The highest BCUT2D eigenvalue weighted by Crippen LogP contribution is 2.09. The van der Waals surface area contributed by atoms with Crippen molar-refractivity contribution in [2.24, 2.45) is 4.99 Å². The Hall–Kier alpha value is -1.37. The summed E-state index contributed by atoms with van der Waals surface area (Å²) in [5, 5.41) is 0. The molecule has 0 saturated heterocycles. The first-order valence-electron chi connectivity index (χ1n) is 4.92. The van der Waals surface area contributed by atoms with E-state index in [2.05, 4.69) is 31.8 Å². The number of hydrogen-bond acceptors (Lipinski definition) is 1. The predicted octanol–water partition coefficient (Wildman–Crippen LogP) is 4.31. The molecule has 0 bridgehead atoms. The fourth-order valence-electron chi connectivity index (χ4n) is 0.762. The van der Waals surface area contributed by atoms with Crippen LogP contribution in [0.15, 0.2) is 53.7 Å². The molecule has 78 valence electrons. The summed E-state index contributed by atoms with van der Waals surface area (Å²) in [4.78, 5) is 3.87. The fraction of sp³-hybridized carbons (Fsp3) is 0.308. The Morgan fingerprint density at radius 3 is 2.00 bits per heavy atom. The maximum Gasteiger partial charge on any atom is 0.0691 e. The van der Waals surface area contributed by atoms with Crippen molar-refractivity contribution in [1.82, 2.24) is 0 Å². The first-order chi connectivity index (χ1) is 6.79. The molecule has 0 saturated carbocycles. The van der Waals surface area contributed by atoms with Gasteiger partial charge in [0.2, 0.25) is 0 Å². The Morgan fingerprint density at radius 1 is 1.21 bits per heavy atom. The van der Waals surface area contributed by atoms with Gasteiger partial charge in [0.1, 0.15) is 0 Å². The number of aliphatic imine (C=N–C) groups is 1. The Morgan fingerprint density at radius 2 is 1.71 bits per heavy atom. The van der Waals surface area contributed by atoms with Gasteiger partial charge >= 0.3 is 0 Å². The molecule has 0 atom stereocenters. The molecule has 0 aliphatic heterocycles. The predicted molar refractivity (Wildman–Crippen MR) is 67.7 cm³/mol. The van der Waals surface area contributed by atoms with Crippen molar-refractivity contribution < 1.29 is 0 Å². The van der Waals surface area contributed by atoms with Crippen LogP contribution in [-0.2, 0) is 0 Å². The van der Waals surface area contributed by atoms with E-state index in [-0.39, 0.29) is 0 Å². The number of hydrogen-bond donors (Lipinski definition) is 0. The van der Waals surface area contributed by atoms with E-state index >= 15 is 0 Å². The van der Waals surface area contributed by atoms with E-state index in [9.17, 15) is 0 Å². The lowest BCUT2D eigenvalue weighted by molar-refractivity contribution is 1.21. The van der Waals surface area contributed by atoms with Gasteiger partial charge in [-0.2, -0.15) is 0 Å². The molecular formula is C13H21N. The second-order valence-electron chi connectivity index (χ2n) is 2.22. The van der Waals surface area contributed by atoms with E-state index in [0.29, 0.717) is 0 Å². The average Bonchev–Trinajstić information content (AvgIpc) is 2.27. The van der Waals surface area contributed by atoms with Crippen LogP contribution < -0.4 is 0 Å². The molecule has 1 heteroatoms. The van der Waals surface area contributed by atoms with E-state index in [0.717, 1.165) is 17.7 Å². The van der Waals surface area contributed by atoms with Crippen LogP contribution in [0.2, 0.25) is 0 Å². The summed E-state index contributed by atoms with van der Waals surface area (Å²) in [7, 11) is 0. The fourth-order valence-corrected chi connectivity index (χ4v) is 0.762. The molecule has 0 N–H and O–H groups in total. The Labute approximate surface area is 88.3 Å². The summed E-state index contributed by atoms with van der Waals surface area (Å²) in [5.74, 6) is 0. The SMILES string of the molecule is C=CC(C=C)=C(/C=C\CC)N=C.CC. The minimum Gasteiger partial charge on any atom is -0.264 e. The van der Waals surface area contributed by atoms with Crippen molar-refractivity contribution in [2.45, 2.75) is 27.2 Å². The number of nitrogens with zero attached hydrogens (tertiary/aromatic N) is 1. The standard InChI is InChI=1S/C11H15N.C2H6/c1-5-8-9-11(12-4)10(6-2)7-3;1-2/h6-9H,2-5H2,1H3;1-2H3/b9-8-;. The van der Waals surface area contributed by atoms with Crippen molar-refractivity contribution in [2.75, 3.05) is 0 Å². The van der Waals surface area contributed by atoms with Gasteiger partial charge < -0.3 is 0 Å². The first kappa shape index (κ1) is 15.1. The molecule has 0 spiro atoms. The van der Waals surface area contributed by atoms with Gasteiger partial charge in [0.05, 0.1) is 5.70 Å². The zero-order valence-corrected chi connectivity index (χ0v) is 9.59. The van der Waals surface area contributed by atoms with Crippen molar-refractivity contribution in [3.8, 4) is 0 Å². The molecule has 1 nitrogen and oxygen atoms in total. The van der Waals surface area contributed by atoms with Crippen LogP contribution in [-0.4, -0.2) is 6.72 Å². The molecule has 0 aromatic rings. The summed E-state index contributed by atoms with van der Waals surface area (Å²) in [6.45, 7) is 16.9. The van der Waals surface area contributed by atoms with E-state index in [1.165, 1.54) is 0 Å². The minimum atomic E-state index is 0.821. The van der Waals surface area contributed by atoms with Crippen LogP contribution in [0, 0.1) is 0 Å². The Bertz CT molecular complexity index is 222.